The van der Waals surface area contributed by atoms with Crippen LogP contribution in [0.2, 0.25) is 0 Å². The fourth-order valence-corrected chi connectivity index (χ4v) is 2.22. The molecule has 0 spiro atoms. The van der Waals surface area contributed by atoms with Crippen molar-refractivity contribution in [2.24, 2.45) is 0 Å². The summed E-state index contributed by atoms with van der Waals surface area (Å²) in [6.45, 7) is 2.02. The van der Waals surface area contributed by atoms with E-state index in [1.165, 1.54) is 0 Å². The van der Waals surface area contributed by atoms with Crippen LogP contribution >= 0.6 is 11.3 Å². The number of aryl methyl sites for hydroxylation is 1. The van der Waals surface area contributed by atoms with Crippen LogP contribution in [0.15, 0.2) is 41.8 Å². The number of rotatable bonds is 2. The van der Waals surface area contributed by atoms with Gasteiger partial charge in [-0.2, -0.15) is 0 Å². The lowest BCUT2D eigenvalue weighted by molar-refractivity contribution is 0.223. The second kappa shape index (κ2) is 3.95. The van der Waals surface area contributed by atoms with Crippen molar-refractivity contribution >= 4 is 11.3 Å². The van der Waals surface area contributed by atoms with Crippen molar-refractivity contribution in [1.29, 1.82) is 0 Å². The molecule has 0 bridgehead atoms. The van der Waals surface area contributed by atoms with E-state index in [0.717, 1.165) is 16.0 Å². The highest BCUT2D eigenvalue weighted by Crippen LogP contribution is 2.27. The minimum absolute atomic E-state index is 0.476. The van der Waals surface area contributed by atoms with Gasteiger partial charge in [0.25, 0.3) is 0 Å². The molecule has 0 aliphatic carbocycles. The van der Waals surface area contributed by atoms with Crippen LogP contribution in [0.5, 0.6) is 0 Å². The van der Waals surface area contributed by atoms with E-state index in [1.54, 1.807) is 11.3 Å². The van der Waals surface area contributed by atoms with Gasteiger partial charge in [0.2, 0.25) is 0 Å². The molecule has 14 heavy (non-hydrogen) atoms. The Kier molecular flexibility index (Phi) is 2.66. The number of aliphatic hydroxyl groups excluding tert-OH is 1. The lowest BCUT2D eigenvalue weighted by Gasteiger charge is -2.11. The molecular weight excluding hydrogens is 192 g/mol. The Balaban J connectivity index is 2.37. The van der Waals surface area contributed by atoms with E-state index in [-0.39, 0.29) is 0 Å². The zero-order valence-electron chi connectivity index (χ0n) is 7.97. The number of hydrogen-bond acceptors (Lipinski definition) is 2. The topological polar surface area (TPSA) is 20.2 Å². The Hall–Kier alpha value is -1.12. The summed E-state index contributed by atoms with van der Waals surface area (Å²) in [5.74, 6) is 0. The van der Waals surface area contributed by atoms with Crippen LogP contribution in [0, 0.1) is 6.92 Å². The van der Waals surface area contributed by atoms with Crippen LogP contribution in [-0.2, 0) is 0 Å². The zero-order chi connectivity index (χ0) is 9.97. The van der Waals surface area contributed by atoms with Crippen LogP contribution in [0.4, 0.5) is 0 Å². The van der Waals surface area contributed by atoms with Crippen molar-refractivity contribution in [1.82, 2.24) is 0 Å². The van der Waals surface area contributed by atoms with Gasteiger partial charge >= 0.3 is 0 Å². The average Bonchev–Trinajstić information content (AvgIpc) is 2.70. The first-order valence-electron chi connectivity index (χ1n) is 4.56. The first-order valence-corrected chi connectivity index (χ1v) is 5.44. The Bertz CT molecular complexity index is 406. The molecule has 0 aliphatic rings. The summed E-state index contributed by atoms with van der Waals surface area (Å²) < 4.78 is 0. The van der Waals surface area contributed by atoms with Gasteiger partial charge in [0.15, 0.2) is 0 Å². The summed E-state index contributed by atoms with van der Waals surface area (Å²) in [5.41, 5.74) is 2.13. The molecule has 1 heterocycles. The largest absolute Gasteiger partial charge is 0.383 e. The van der Waals surface area contributed by atoms with Crippen LogP contribution < -0.4 is 0 Å². The summed E-state index contributed by atoms with van der Waals surface area (Å²) in [7, 11) is 0. The molecule has 2 aromatic rings. The fraction of sp³-hybridized carbons (Fsp3) is 0.167. The molecule has 0 fully saturated rings. The molecule has 0 unspecified atom stereocenters. The van der Waals surface area contributed by atoms with Gasteiger partial charge < -0.3 is 5.11 Å². The van der Waals surface area contributed by atoms with Crippen LogP contribution in [0.1, 0.15) is 22.1 Å². The average molecular weight is 204 g/mol. The van der Waals surface area contributed by atoms with Gasteiger partial charge in [0, 0.05) is 4.88 Å². The minimum Gasteiger partial charge on any atom is -0.383 e. The number of aliphatic hydroxyl groups is 1. The van der Waals surface area contributed by atoms with Gasteiger partial charge in [-0.1, -0.05) is 30.3 Å². The van der Waals surface area contributed by atoms with Gasteiger partial charge in [0.1, 0.15) is 6.10 Å². The van der Waals surface area contributed by atoms with E-state index in [4.69, 9.17) is 0 Å². The van der Waals surface area contributed by atoms with E-state index in [0.29, 0.717) is 0 Å². The van der Waals surface area contributed by atoms with Crippen molar-refractivity contribution in [2.45, 2.75) is 13.0 Å². The first-order chi connectivity index (χ1) is 6.79. The zero-order valence-corrected chi connectivity index (χ0v) is 8.79. The maximum absolute atomic E-state index is 10.1. The minimum atomic E-state index is -0.476. The van der Waals surface area contributed by atoms with Crippen LogP contribution in [0.25, 0.3) is 0 Å². The predicted molar refractivity (Wildman–Crippen MR) is 59.6 cm³/mol. The summed E-state index contributed by atoms with van der Waals surface area (Å²) >= 11 is 1.58. The molecule has 2 rings (SSSR count). The summed E-state index contributed by atoms with van der Waals surface area (Å²) in [6, 6.07) is 11.9. The predicted octanol–water partition coefficient (Wildman–Crippen LogP) is 3.14. The van der Waals surface area contributed by atoms with Crippen molar-refractivity contribution in [2.75, 3.05) is 0 Å². The summed E-state index contributed by atoms with van der Waals surface area (Å²) in [5, 5.41) is 12.1. The molecule has 1 aromatic carbocycles. The lowest BCUT2D eigenvalue weighted by Crippen LogP contribution is -1.99. The third-order valence-electron chi connectivity index (χ3n) is 2.30. The molecular formula is C12H12OS. The van der Waals surface area contributed by atoms with E-state index in [9.17, 15) is 5.11 Å². The van der Waals surface area contributed by atoms with Gasteiger partial charge in [0.05, 0.1) is 0 Å². The normalized spacial score (nSPS) is 12.7. The molecule has 0 amide bonds. The smallest absolute Gasteiger partial charge is 0.113 e. The molecule has 2 heteroatoms. The number of hydrogen-bond donors (Lipinski definition) is 1. The molecule has 1 N–H and O–H groups in total. The maximum atomic E-state index is 10.1. The standard InChI is InChI=1S/C12H12OS/c1-9-5-2-3-6-10(9)12(13)11-7-4-8-14-11/h2-8,12-13H,1H3/t12-/m0/s1. The quantitative estimate of drug-likeness (QED) is 0.796. The Morgan fingerprint density at radius 1 is 1.14 bits per heavy atom. The second-order valence-corrected chi connectivity index (χ2v) is 4.25. The molecule has 0 saturated carbocycles. The molecule has 1 atom stereocenters. The molecule has 1 nitrogen and oxygen atoms in total. The third kappa shape index (κ3) is 1.72. The van der Waals surface area contributed by atoms with Crippen molar-refractivity contribution in [3.05, 3.63) is 57.8 Å². The molecule has 0 saturated heterocycles. The van der Waals surface area contributed by atoms with Crippen molar-refractivity contribution in [3.63, 3.8) is 0 Å². The monoisotopic (exact) mass is 204 g/mol. The Morgan fingerprint density at radius 2 is 1.93 bits per heavy atom. The van der Waals surface area contributed by atoms with E-state index >= 15 is 0 Å². The number of benzene rings is 1. The van der Waals surface area contributed by atoms with Crippen molar-refractivity contribution in [3.8, 4) is 0 Å². The highest BCUT2D eigenvalue weighted by molar-refractivity contribution is 7.10. The van der Waals surface area contributed by atoms with Gasteiger partial charge in [-0.25, -0.2) is 0 Å². The maximum Gasteiger partial charge on any atom is 0.113 e. The van der Waals surface area contributed by atoms with E-state index < -0.39 is 6.10 Å². The van der Waals surface area contributed by atoms with Gasteiger partial charge in [-0.05, 0) is 29.5 Å². The van der Waals surface area contributed by atoms with Gasteiger partial charge in [-0.15, -0.1) is 11.3 Å². The van der Waals surface area contributed by atoms with E-state index in [1.807, 2.05) is 48.7 Å². The Morgan fingerprint density at radius 3 is 2.57 bits per heavy atom. The number of thiophene rings is 1. The molecule has 0 aliphatic heterocycles. The fourth-order valence-electron chi connectivity index (χ4n) is 1.49. The first kappa shape index (κ1) is 9.44. The summed E-state index contributed by atoms with van der Waals surface area (Å²) in [6.07, 6.45) is -0.476. The highest BCUT2D eigenvalue weighted by Gasteiger charge is 2.12. The Labute approximate surface area is 87.7 Å². The van der Waals surface area contributed by atoms with Crippen LogP contribution in [-0.4, -0.2) is 5.11 Å². The lowest BCUT2D eigenvalue weighted by atomic mass is 10.0. The highest BCUT2D eigenvalue weighted by atomic mass is 32.1. The van der Waals surface area contributed by atoms with Crippen molar-refractivity contribution < 1.29 is 5.11 Å². The third-order valence-corrected chi connectivity index (χ3v) is 3.22. The van der Waals surface area contributed by atoms with Crippen LogP contribution in [0.3, 0.4) is 0 Å². The second-order valence-electron chi connectivity index (χ2n) is 3.27. The molecule has 72 valence electrons. The van der Waals surface area contributed by atoms with Gasteiger partial charge in [-0.3, -0.25) is 0 Å². The van der Waals surface area contributed by atoms with E-state index in [2.05, 4.69) is 0 Å². The summed E-state index contributed by atoms with van der Waals surface area (Å²) in [4.78, 5) is 0.999. The SMILES string of the molecule is Cc1ccccc1[C@H](O)c1cccs1. The molecule has 1 aromatic heterocycles. The molecule has 0 radical (unpaired) electrons.